The van der Waals surface area contributed by atoms with E-state index in [0.29, 0.717) is 0 Å². The highest BCUT2D eigenvalue weighted by atomic mass is 14.1. The third-order valence-corrected chi connectivity index (χ3v) is 3.99. The van der Waals surface area contributed by atoms with Crippen molar-refractivity contribution in [1.82, 2.24) is 0 Å². The van der Waals surface area contributed by atoms with E-state index in [9.17, 15) is 0 Å². The van der Waals surface area contributed by atoms with Crippen LogP contribution in [0.2, 0.25) is 0 Å². The topological polar surface area (TPSA) is 0 Å². The Labute approximate surface area is 144 Å². The van der Waals surface area contributed by atoms with Crippen LogP contribution < -0.4 is 0 Å². The van der Waals surface area contributed by atoms with E-state index in [4.69, 9.17) is 0 Å². The Bertz CT molecular complexity index is 862. The molecule has 116 valence electrons. The standard InChI is InChI=1S/C24H20/c1-20(22-15-6-3-7-16-22)24-19-11-10-18-23(24)17-9-8-14-21-12-4-2-5-13-21/h2-7,10-13,15-16,18-19H,1,9,17H2. The predicted octanol–water partition coefficient (Wildman–Crippen LogP) is 5.73. The first-order valence-electron chi connectivity index (χ1n) is 8.21. The average Bonchev–Trinajstić information content (AvgIpc) is 2.66. The lowest BCUT2D eigenvalue weighted by molar-refractivity contribution is 1.02. The van der Waals surface area contributed by atoms with E-state index in [1.807, 2.05) is 36.4 Å². The Morgan fingerprint density at radius 3 is 2.12 bits per heavy atom. The van der Waals surface area contributed by atoms with E-state index in [1.165, 1.54) is 16.7 Å². The lowest BCUT2D eigenvalue weighted by Crippen LogP contribution is -1.94. The maximum absolute atomic E-state index is 4.30. The van der Waals surface area contributed by atoms with Crippen molar-refractivity contribution in [2.45, 2.75) is 12.8 Å². The van der Waals surface area contributed by atoms with Crippen LogP contribution in [0.15, 0.2) is 91.5 Å². The van der Waals surface area contributed by atoms with Crippen molar-refractivity contribution in [2.24, 2.45) is 0 Å². The second-order valence-corrected chi connectivity index (χ2v) is 5.67. The lowest BCUT2D eigenvalue weighted by atomic mass is 9.93. The summed E-state index contributed by atoms with van der Waals surface area (Å²) in [6.45, 7) is 4.30. The molecule has 0 N–H and O–H groups in total. The van der Waals surface area contributed by atoms with Crippen molar-refractivity contribution >= 4 is 5.57 Å². The van der Waals surface area contributed by atoms with E-state index >= 15 is 0 Å². The molecule has 0 radical (unpaired) electrons. The third-order valence-electron chi connectivity index (χ3n) is 3.99. The van der Waals surface area contributed by atoms with Gasteiger partial charge >= 0.3 is 0 Å². The van der Waals surface area contributed by atoms with E-state index in [1.54, 1.807) is 0 Å². The largest absolute Gasteiger partial charge is 0.0975 e. The zero-order valence-electron chi connectivity index (χ0n) is 13.7. The molecule has 0 atom stereocenters. The van der Waals surface area contributed by atoms with Crippen molar-refractivity contribution in [1.29, 1.82) is 0 Å². The molecule has 0 nitrogen and oxygen atoms in total. The fourth-order valence-corrected chi connectivity index (χ4v) is 2.71. The van der Waals surface area contributed by atoms with Crippen LogP contribution in [0.25, 0.3) is 5.57 Å². The van der Waals surface area contributed by atoms with Gasteiger partial charge in [0.1, 0.15) is 0 Å². The fourth-order valence-electron chi connectivity index (χ4n) is 2.71. The molecule has 0 amide bonds. The van der Waals surface area contributed by atoms with Crippen molar-refractivity contribution in [3.05, 3.63) is 114 Å². The van der Waals surface area contributed by atoms with Gasteiger partial charge in [-0.1, -0.05) is 91.2 Å². The molecule has 0 aliphatic carbocycles. The summed E-state index contributed by atoms with van der Waals surface area (Å²) in [7, 11) is 0. The van der Waals surface area contributed by atoms with Gasteiger partial charge in [0.2, 0.25) is 0 Å². The Hall–Kier alpha value is -3.04. The minimum absolute atomic E-state index is 0.841. The maximum Gasteiger partial charge on any atom is 0.0245 e. The molecule has 0 fully saturated rings. The third kappa shape index (κ3) is 4.03. The van der Waals surface area contributed by atoms with Gasteiger partial charge in [0.05, 0.1) is 0 Å². The first-order chi connectivity index (χ1) is 11.8. The van der Waals surface area contributed by atoms with Crippen molar-refractivity contribution < 1.29 is 0 Å². The highest BCUT2D eigenvalue weighted by Gasteiger charge is 2.06. The Morgan fingerprint density at radius 2 is 1.38 bits per heavy atom. The molecule has 3 rings (SSSR count). The first-order valence-corrected chi connectivity index (χ1v) is 8.21. The molecule has 0 heterocycles. The van der Waals surface area contributed by atoms with Crippen molar-refractivity contribution in [3.8, 4) is 11.8 Å². The summed E-state index contributed by atoms with van der Waals surface area (Å²) in [5, 5.41) is 0. The molecule has 0 spiro atoms. The lowest BCUT2D eigenvalue weighted by Gasteiger charge is -2.11. The van der Waals surface area contributed by atoms with Crippen LogP contribution in [-0.2, 0) is 6.42 Å². The van der Waals surface area contributed by atoms with Crippen LogP contribution in [0.1, 0.15) is 28.7 Å². The van der Waals surface area contributed by atoms with E-state index < -0.39 is 0 Å². The summed E-state index contributed by atoms with van der Waals surface area (Å²) in [5.74, 6) is 6.50. The molecule has 0 aliphatic rings. The Balaban J connectivity index is 1.73. The van der Waals surface area contributed by atoms with Gasteiger partial charge in [-0.25, -0.2) is 0 Å². The number of rotatable bonds is 4. The van der Waals surface area contributed by atoms with Crippen LogP contribution >= 0.6 is 0 Å². The van der Waals surface area contributed by atoms with Crippen molar-refractivity contribution in [2.75, 3.05) is 0 Å². The van der Waals surface area contributed by atoms with E-state index in [-0.39, 0.29) is 0 Å². The van der Waals surface area contributed by atoms with Gasteiger partial charge in [-0.05, 0) is 40.8 Å². The van der Waals surface area contributed by atoms with Gasteiger partial charge in [-0.2, -0.15) is 0 Å². The normalized spacial score (nSPS) is 9.83. The molecule has 24 heavy (non-hydrogen) atoms. The van der Waals surface area contributed by atoms with Crippen LogP contribution in [0.5, 0.6) is 0 Å². The average molecular weight is 308 g/mol. The molecule has 0 heteroatoms. The van der Waals surface area contributed by atoms with Gasteiger partial charge in [0.25, 0.3) is 0 Å². The second kappa shape index (κ2) is 7.99. The molecule has 0 bridgehead atoms. The number of hydrogen-bond acceptors (Lipinski definition) is 0. The quantitative estimate of drug-likeness (QED) is 0.540. The summed E-state index contributed by atoms with van der Waals surface area (Å²) in [4.78, 5) is 0. The van der Waals surface area contributed by atoms with Crippen LogP contribution in [-0.4, -0.2) is 0 Å². The minimum atomic E-state index is 0.841. The highest BCUT2D eigenvalue weighted by molar-refractivity contribution is 5.79. The van der Waals surface area contributed by atoms with Crippen LogP contribution in [0.4, 0.5) is 0 Å². The predicted molar refractivity (Wildman–Crippen MR) is 103 cm³/mol. The Morgan fingerprint density at radius 1 is 0.750 bits per heavy atom. The summed E-state index contributed by atoms with van der Waals surface area (Å²) < 4.78 is 0. The molecule has 3 aromatic carbocycles. The van der Waals surface area contributed by atoms with Crippen molar-refractivity contribution in [3.63, 3.8) is 0 Å². The van der Waals surface area contributed by atoms with Gasteiger partial charge in [-0.3, -0.25) is 0 Å². The van der Waals surface area contributed by atoms with Gasteiger partial charge < -0.3 is 0 Å². The Kier molecular flexibility index (Phi) is 5.28. The van der Waals surface area contributed by atoms with Gasteiger partial charge in [0, 0.05) is 12.0 Å². The van der Waals surface area contributed by atoms with E-state index in [0.717, 1.165) is 24.0 Å². The zero-order valence-corrected chi connectivity index (χ0v) is 13.7. The fraction of sp³-hybridized carbons (Fsp3) is 0.0833. The molecule has 0 unspecified atom stereocenters. The molecular weight excluding hydrogens is 288 g/mol. The summed E-state index contributed by atoms with van der Waals surface area (Å²) >= 11 is 0. The van der Waals surface area contributed by atoms with Crippen LogP contribution in [0.3, 0.4) is 0 Å². The molecule has 0 aromatic heterocycles. The smallest absolute Gasteiger partial charge is 0.0245 e. The number of hydrogen-bond donors (Lipinski definition) is 0. The SMILES string of the molecule is C=C(c1ccccc1)c1ccccc1CCC#Cc1ccccc1. The zero-order chi connectivity index (χ0) is 16.6. The number of benzene rings is 3. The molecule has 0 saturated heterocycles. The molecule has 0 aliphatic heterocycles. The molecule has 0 saturated carbocycles. The summed E-state index contributed by atoms with van der Waals surface area (Å²) in [6.07, 6.45) is 1.77. The number of aryl methyl sites for hydroxylation is 1. The first kappa shape index (κ1) is 15.8. The monoisotopic (exact) mass is 308 g/mol. The van der Waals surface area contributed by atoms with Gasteiger partial charge in [0.15, 0.2) is 0 Å². The molecule has 3 aromatic rings. The maximum atomic E-state index is 4.30. The molecular formula is C24H20. The minimum Gasteiger partial charge on any atom is -0.0975 e. The summed E-state index contributed by atoms with van der Waals surface area (Å²) in [5.41, 5.74) is 5.82. The van der Waals surface area contributed by atoms with E-state index in [2.05, 4.69) is 67.0 Å². The summed E-state index contributed by atoms with van der Waals surface area (Å²) in [6, 6.07) is 28.9. The second-order valence-electron chi connectivity index (χ2n) is 5.67. The van der Waals surface area contributed by atoms with Gasteiger partial charge in [-0.15, -0.1) is 0 Å². The van der Waals surface area contributed by atoms with Crippen LogP contribution in [0, 0.1) is 11.8 Å². The highest BCUT2D eigenvalue weighted by Crippen LogP contribution is 2.25.